The number of ether oxygens (including phenoxy) is 1. The zero-order valence-electron chi connectivity index (χ0n) is 21.4. The second-order valence-electron chi connectivity index (χ2n) is 11.2. The smallest absolute Gasteiger partial charge is 0.224 e. The van der Waals surface area contributed by atoms with Crippen LogP contribution in [0.4, 0.5) is 11.8 Å². The molecule has 2 saturated carbocycles. The number of fused-ring (bicyclic) bond motifs is 1. The maximum Gasteiger partial charge on any atom is 0.224 e. The van der Waals surface area contributed by atoms with Crippen LogP contribution in [-0.4, -0.2) is 55.9 Å². The van der Waals surface area contributed by atoms with Crippen LogP contribution in [0.5, 0.6) is 0 Å². The Morgan fingerprint density at radius 2 is 2.00 bits per heavy atom. The zero-order chi connectivity index (χ0) is 24.9. The molecule has 192 valence electrons. The van der Waals surface area contributed by atoms with Crippen LogP contribution < -0.4 is 10.6 Å². The van der Waals surface area contributed by atoms with E-state index in [0.717, 1.165) is 76.7 Å². The van der Waals surface area contributed by atoms with E-state index >= 15 is 0 Å². The Balaban J connectivity index is 1.34. The van der Waals surface area contributed by atoms with Crippen molar-refractivity contribution in [3.63, 3.8) is 0 Å². The Morgan fingerprint density at radius 1 is 1.14 bits per heavy atom. The summed E-state index contributed by atoms with van der Waals surface area (Å²) < 4.78 is 6.94. The van der Waals surface area contributed by atoms with Crippen LogP contribution in [0.25, 0.3) is 20.8 Å². The fraction of sp³-hybridized carbons (Fsp3) is 0.630. The number of aryl methyl sites for hydroxylation is 1. The van der Waals surface area contributed by atoms with E-state index in [1.165, 1.54) is 12.8 Å². The quantitative estimate of drug-likeness (QED) is 0.378. The average molecular weight is 509 g/mol. The highest BCUT2D eigenvalue weighted by Crippen LogP contribution is 2.45. The first kappa shape index (κ1) is 24.0. The van der Waals surface area contributed by atoms with Crippen molar-refractivity contribution in [3.8, 4) is 10.6 Å². The van der Waals surface area contributed by atoms with Crippen molar-refractivity contribution in [3.05, 3.63) is 23.7 Å². The molecule has 2 aliphatic carbocycles. The van der Waals surface area contributed by atoms with Gasteiger partial charge in [0.1, 0.15) is 16.3 Å². The molecule has 3 aromatic rings. The van der Waals surface area contributed by atoms with Gasteiger partial charge in [-0.05, 0) is 77.7 Å². The Hall–Kier alpha value is -2.36. The van der Waals surface area contributed by atoms with Crippen LogP contribution in [0, 0.1) is 12.8 Å². The molecule has 3 aliphatic rings. The number of hydrogen-bond acceptors (Lipinski definition) is 9. The van der Waals surface area contributed by atoms with Crippen LogP contribution in [0.1, 0.15) is 76.1 Å². The van der Waals surface area contributed by atoms with Crippen molar-refractivity contribution in [2.45, 2.75) is 89.4 Å². The lowest BCUT2D eigenvalue weighted by Crippen LogP contribution is -2.30. The average Bonchev–Trinajstić information content (AvgIpc) is 3.21. The lowest BCUT2D eigenvalue weighted by Gasteiger charge is -2.25. The van der Waals surface area contributed by atoms with E-state index in [9.17, 15) is 5.11 Å². The molecule has 1 aliphatic heterocycles. The fourth-order valence-electron chi connectivity index (χ4n) is 5.61. The van der Waals surface area contributed by atoms with E-state index in [-0.39, 0.29) is 18.1 Å². The third-order valence-corrected chi connectivity index (χ3v) is 8.93. The van der Waals surface area contributed by atoms with Gasteiger partial charge in [0.15, 0.2) is 0 Å². The van der Waals surface area contributed by atoms with Crippen LogP contribution in [-0.2, 0) is 4.74 Å². The second-order valence-corrected chi connectivity index (χ2v) is 12.2. The maximum absolute atomic E-state index is 10.6. The molecule has 1 saturated heterocycles. The first-order valence-electron chi connectivity index (χ1n) is 13.3. The van der Waals surface area contributed by atoms with E-state index in [2.05, 4.69) is 21.7 Å². The summed E-state index contributed by atoms with van der Waals surface area (Å²) in [5.41, 5.74) is 3.34. The largest absolute Gasteiger partial charge is 0.390 e. The summed E-state index contributed by atoms with van der Waals surface area (Å²) in [6, 6.07) is 2.31. The van der Waals surface area contributed by atoms with Gasteiger partial charge in [0, 0.05) is 31.3 Å². The molecule has 36 heavy (non-hydrogen) atoms. The van der Waals surface area contributed by atoms with Crippen molar-refractivity contribution in [1.82, 2.24) is 19.9 Å². The van der Waals surface area contributed by atoms with Gasteiger partial charge in [0.2, 0.25) is 5.95 Å². The first-order valence-corrected chi connectivity index (χ1v) is 14.2. The third kappa shape index (κ3) is 4.93. The number of aromatic nitrogens is 4. The molecule has 3 unspecified atom stereocenters. The normalized spacial score (nSPS) is 24.5. The van der Waals surface area contributed by atoms with Crippen molar-refractivity contribution < 1.29 is 9.84 Å². The molecule has 3 aromatic heterocycles. The topological polar surface area (TPSA) is 105 Å². The number of aliphatic hydroxyl groups is 1. The predicted octanol–water partition coefficient (Wildman–Crippen LogP) is 5.28. The number of nitrogens with zero attached hydrogens (tertiary/aromatic N) is 4. The summed E-state index contributed by atoms with van der Waals surface area (Å²) >= 11 is 1.69. The molecular weight excluding hydrogens is 472 g/mol. The molecule has 9 heteroatoms. The highest BCUT2D eigenvalue weighted by atomic mass is 32.1. The van der Waals surface area contributed by atoms with Gasteiger partial charge < -0.3 is 20.5 Å². The summed E-state index contributed by atoms with van der Waals surface area (Å²) in [6.45, 7) is 7.41. The summed E-state index contributed by atoms with van der Waals surface area (Å²) in [5.74, 6) is 2.25. The van der Waals surface area contributed by atoms with Gasteiger partial charge in [-0.2, -0.15) is 4.98 Å². The molecule has 8 nitrogen and oxygen atoms in total. The Morgan fingerprint density at radius 3 is 2.72 bits per heavy atom. The highest BCUT2D eigenvalue weighted by Gasteiger charge is 2.35. The lowest BCUT2D eigenvalue weighted by molar-refractivity contribution is 0.0197. The van der Waals surface area contributed by atoms with Crippen molar-refractivity contribution >= 4 is 33.3 Å². The number of nitrogens with one attached hydrogen (secondary N) is 2. The van der Waals surface area contributed by atoms with E-state index in [1.54, 1.807) is 11.3 Å². The standard InChI is InChI=1S/C27H36N6O2S/c1-15-21(25-32-23-20(36-25)10-11-28-22(23)16-6-7-16)24(31-18-9-8-17(13-18)27(2,3)34)33-26(30-15)29-14-19-5-4-12-35-19/h10-11,16-19,34H,4-9,12-14H2,1-3H3,(H2,29,30,31,33). The SMILES string of the molecule is Cc1nc(NCC2CCCO2)nc(NC2CCC(C(C)(C)O)C2)c1-c1nc2c(C3CC3)nccc2s1. The number of hydrogen-bond donors (Lipinski definition) is 3. The van der Waals surface area contributed by atoms with Crippen molar-refractivity contribution in [1.29, 1.82) is 0 Å². The Labute approximate surface area is 216 Å². The maximum atomic E-state index is 10.6. The van der Waals surface area contributed by atoms with E-state index < -0.39 is 5.60 Å². The molecule has 0 radical (unpaired) electrons. The minimum atomic E-state index is -0.673. The van der Waals surface area contributed by atoms with E-state index in [1.807, 2.05) is 27.0 Å². The molecular formula is C27H36N6O2S. The minimum Gasteiger partial charge on any atom is -0.390 e. The Bertz CT molecular complexity index is 1250. The van der Waals surface area contributed by atoms with Gasteiger partial charge in [-0.1, -0.05) is 0 Å². The molecule has 3 fully saturated rings. The molecule has 3 atom stereocenters. The van der Waals surface area contributed by atoms with Gasteiger partial charge in [-0.15, -0.1) is 11.3 Å². The molecule has 0 aromatic carbocycles. The van der Waals surface area contributed by atoms with Gasteiger partial charge >= 0.3 is 0 Å². The van der Waals surface area contributed by atoms with Crippen molar-refractivity contribution in [2.75, 3.05) is 23.8 Å². The van der Waals surface area contributed by atoms with Crippen LogP contribution in [0.15, 0.2) is 12.3 Å². The van der Waals surface area contributed by atoms with E-state index in [4.69, 9.17) is 19.7 Å². The van der Waals surface area contributed by atoms with Crippen LogP contribution in [0.2, 0.25) is 0 Å². The molecule has 4 heterocycles. The fourth-order valence-corrected chi connectivity index (χ4v) is 6.68. The van der Waals surface area contributed by atoms with Crippen molar-refractivity contribution in [2.24, 2.45) is 5.92 Å². The molecule has 0 amide bonds. The number of pyridine rings is 1. The molecule has 3 N–H and O–H groups in total. The number of rotatable bonds is 8. The second kappa shape index (κ2) is 9.50. The highest BCUT2D eigenvalue weighted by molar-refractivity contribution is 7.21. The summed E-state index contributed by atoms with van der Waals surface area (Å²) in [7, 11) is 0. The lowest BCUT2D eigenvalue weighted by atomic mass is 9.89. The number of anilines is 2. The molecule has 0 spiro atoms. The summed E-state index contributed by atoms with van der Waals surface area (Å²) in [5, 5.41) is 18.6. The van der Waals surface area contributed by atoms with Gasteiger partial charge in [0.25, 0.3) is 0 Å². The van der Waals surface area contributed by atoms with E-state index in [0.29, 0.717) is 18.4 Å². The Kier molecular flexibility index (Phi) is 6.34. The number of thiazole rings is 1. The van der Waals surface area contributed by atoms with Crippen LogP contribution >= 0.6 is 11.3 Å². The first-order chi connectivity index (χ1) is 17.3. The van der Waals surface area contributed by atoms with Gasteiger partial charge in [-0.3, -0.25) is 4.98 Å². The molecule has 6 rings (SSSR count). The summed E-state index contributed by atoms with van der Waals surface area (Å²) in [6.07, 6.45) is 9.62. The third-order valence-electron chi connectivity index (χ3n) is 7.89. The van der Waals surface area contributed by atoms with Crippen LogP contribution in [0.3, 0.4) is 0 Å². The minimum absolute atomic E-state index is 0.213. The van der Waals surface area contributed by atoms with Gasteiger partial charge in [-0.25, -0.2) is 9.97 Å². The summed E-state index contributed by atoms with van der Waals surface area (Å²) in [4.78, 5) is 19.5. The molecule has 0 bridgehead atoms. The van der Waals surface area contributed by atoms with Gasteiger partial charge in [0.05, 0.1) is 33.4 Å². The monoisotopic (exact) mass is 508 g/mol. The zero-order valence-corrected chi connectivity index (χ0v) is 22.2. The predicted molar refractivity (Wildman–Crippen MR) is 144 cm³/mol.